The highest BCUT2D eigenvalue weighted by Gasteiger charge is 2.77. The van der Waals surface area contributed by atoms with Crippen LogP contribution in [-0.2, 0) is 9.53 Å². The van der Waals surface area contributed by atoms with Crippen LogP contribution >= 0.6 is 0 Å². The van der Waals surface area contributed by atoms with E-state index in [1.54, 1.807) is 18.3 Å². The topological polar surface area (TPSA) is 117 Å². The van der Waals surface area contributed by atoms with Gasteiger partial charge in [-0.2, -0.15) is 0 Å². The average molecular weight is 470 g/mol. The van der Waals surface area contributed by atoms with Gasteiger partial charge < -0.3 is 20.1 Å². The molecule has 0 amide bonds. The van der Waals surface area contributed by atoms with Gasteiger partial charge in [0.05, 0.1) is 11.7 Å². The second kappa shape index (κ2) is 7.70. The van der Waals surface area contributed by atoms with Gasteiger partial charge >= 0.3 is 5.97 Å². The Balaban J connectivity index is 1.61. The Morgan fingerprint density at radius 2 is 1.94 bits per heavy atom. The molecule has 1 aromatic rings. The maximum absolute atomic E-state index is 13.1. The van der Waals surface area contributed by atoms with Crippen molar-refractivity contribution in [2.45, 2.75) is 89.1 Å². The van der Waals surface area contributed by atoms with Crippen molar-refractivity contribution in [3.05, 3.63) is 41.7 Å². The summed E-state index contributed by atoms with van der Waals surface area (Å²) in [6.45, 7) is 5.43. The molecule has 0 spiro atoms. The number of carbonyl (C=O) groups is 2. The lowest BCUT2D eigenvalue weighted by molar-refractivity contribution is -0.297. The van der Waals surface area contributed by atoms with Gasteiger partial charge in [-0.15, -0.1) is 0 Å². The molecule has 8 unspecified atom stereocenters. The Kier molecular flexibility index (Phi) is 5.36. The molecular formula is C27H35NO6. The molecule has 1 aromatic heterocycles. The Bertz CT molecular complexity index is 1040. The first-order valence-electron chi connectivity index (χ1n) is 12.4. The van der Waals surface area contributed by atoms with Crippen LogP contribution in [0.4, 0.5) is 0 Å². The predicted octanol–water partition coefficient (Wildman–Crippen LogP) is 2.98. The SMILES string of the molecule is CC(=O)C1CCC2(O)C3(O)CC=C4CC(O)CCC4(C)C3CC(OC(=O)c3cccnc3)C12C. The third-order valence-electron chi connectivity index (χ3n) is 10.1. The fourth-order valence-corrected chi connectivity index (χ4v) is 8.11. The third-order valence-corrected chi connectivity index (χ3v) is 10.1. The molecule has 7 nitrogen and oxygen atoms in total. The van der Waals surface area contributed by atoms with E-state index in [0.29, 0.717) is 37.7 Å². The van der Waals surface area contributed by atoms with Crippen LogP contribution in [-0.4, -0.2) is 55.5 Å². The molecule has 0 radical (unpaired) electrons. The van der Waals surface area contributed by atoms with Crippen LogP contribution in [0.3, 0.4) is 0 Å². The van der Waals surface area contributed by atoms with Crippen molar-refractivity contribution in [1.29, 1.82) is 0 Å². The van der Waals surface area contributed by atoms with Crippen molar-refractivity contribution in [3.63, 3.8) is 0 Å². The lowest BCUT2D eigenvalue weighted by Crippen LogP contribution is -2.75. The molecule has 0 saturated heterocycles. The van der Waals surface area contributed by atoms with Crippen molar-refractivity contribution in [2.75, 3.05) is 0 Å². The molecule has 3 N–H and O–H groups in total. The number of aliphatic hydroxyl groups excluding tert-OH is 1. The van der Waals surface area contributed by atoms with Crippen molar-refractivity contribution >= 4 is 11.8 Å². The first-order chi connectivity index (χ1) is 16.0. The molecule has 8 atom stereocenters. The number of Topliss-reactive ketones (excluding diaryl/α,β-unsaturated/α-hetero) is 1. The maximum Gasteiger partial charge on any atom is 0.339 e. The summed E-state index contributed by atoms with van der Waals surface area (Å²) in [7, 11) is 0. The molecule has 3 fully saturated rings. The summed E-state index contributed by atoms with van der Waals surface area (Å²) in [6.07, 6.45) is 7.01. The normalized spacial score (nSPS) is 45.4. The molecule has 0 aliphatic heterocycles. The molecule has 4 aliphatic carbocycles. The van der Waals surface area contributed by atoms with Crippen LogP contribution in [0.1, 0.15) is 76.1 Å². The number of aromatic nitrogens is 1. The van der Waals surface area contributed by atoms with Gasteiger partial charge in [0.25, 0.3) is 0 Å². The van der Waals surface area contributed by atoms with Gasteiger partial charge in [-0.05, 0) is 69.4 Å². The molecule has 0 aromatic carbocycles. The molecule has 34 heavy (non-hydrogen) atoms. The summed E-state index contributed by atoms with van der Waals surface area (Å²) in [5.41, 5.74) is -3.20. The number of hydrogen-bond donors (Lipinski definition) is 3. The standard InChI is InChI=1S/C27H35NO6/c1-16(29)20-8-11-27(33)25(20,3)22(34-23(31)17-5-4-12-28-15-17)14-21-24(2)9-7-19(30)13-18(24)6-10-26(21,27)32/h4-6,12,15,19-22,30,32-33H,7-11,13-14H2,1-3H3. The molecule has 3 saturated carbocycles. The highest BCUT2D eigenvalue weighted by molar-refractivity contribution is 5.89. The van der Waals surface area contributed by atoms with Crippen LogP contribution in [0.25, 0.3) is 0 Å². The van der Waals surface area contributed by atoms with Gasteiger partial charge in [0.15, 0.2) is 0 Å². The van der Waals surface area contributed by atoms with E-state index in [4.69, 9.17) is 4.74 Å². The molecule has 5 rings (SSSR count). The quantitative estimate of drug-likeness (QED) is 0.460. The molecule has 1 heterocycles. The monoisotopic (exact) mass is 469 g/mol. The van der Waals surface area contributed by atoms with Gasteiger partial charge in [0, 0.05) is 29.6 Å². The minimum Gasteiger partial charge on any atom is -0.458 e. The van der Waals surface area contributed by atoms with Crippen molar-refractivity contribution in [1.82, 2.24) is 4.98 Å². The third kappa shape index (κ3) is 2.96. The average Bonchev–Trinajstić information content (AvgIpc) is 3.10. The number of fused-ring (bicyclic) bond motifs is 5. The highest BCUT2D eigenvalue weighted by atomic mass is 16.5. The maximum atomic E-state index is 13.1. The van der Waals surface area contributed by atoms with E-state index in [1.165, 1.54) is 13.1 Å². The van der Waals surface area contributed by atoms with Crippen molar-refractivity contribution in [3.8, 4) is 0 Å². The van der Waals surface area contributed by atoms with E-state index in [-0.39, 0.29) is 24.5 Å². The molecule has 184 valence electrons. The van der Waals surface area contributed by atoms with E-state index in [2.05, 4.69) is 11.9 Å². The number of rotatable bonds is 3. The Morgan fingerprint density at radius 3 is 2.62 bits per heavy atom. The van der Waals surface area contributed by atoms with E-state index in [9.17, 15) is 24.9 Å². The zero-order valence-electron chi connectivity index (χ0n) is 20.2. The Morgan fingerprint density at radius 1 is 1.18 bits per heavy atom. The van der Waals surface area contributed by atoms with Crippen LogP contribution in [0.5, 0.6) is 0 Å². The minimum absolute atomic E-state index is 0.0676. The number of carbonyl (C=O) groups excluding carboxylic acids is 2. The van der Waals surface area contributed by atoms with Crippen molar-refractivity contribution < 1.29 is 29.6 Å². The Labute approximate surface area is 200 Å². The van der Waals surface area contributed by atoms with E-state index >= 15 is 0 Å². The Hall–Kier alpha value is -2.09. The number of esters is 1. The zero-order chi connectivity index (χ0) is 24.5. The van der Waals surface area contributed by atoms with E-state index < -0.39 is 46.1 Å². The second-order valence-electron chi connectivity index (χ2n) is 11.4. The lowest BCUT2D eigenvalue weighted by Gasteiger charge is -2.66. The number of ether oxygens (including phenoxy) is 1. The fraction of sp³-hybridized carbons (Fsp3) is 0.667. The first kappa shape index (κ1) is 23.6. The molecule has 0 bridgehead atoms. The summed E-state index contributed by atoms with van der Waals surface area (Å²) < 4.78 is 6.11. The number of nitrogens with zero attached hydrogens (tertiary/aromatic N) is 1. The first-order valence-corrected chi connectivity index (χ1v) is 12.4. The summed E-state index contributed by atoms with van der Waals surface area (Å²) in [6, 6.07) is 3.29. The second-order valence-corrected chi connectivity index (χ2v) is 11.4. The van der Waals surface area contributed by atoms with Crippen LogP contribution in [0.15, 0.2) is 36.2 Å². The molecular weight excluding hydrogens is 434 g/mol. The molecule has 7 heteroatoms. The van der Waals surface area contributed by atoms with Gasteiger partial charge in [-0.1, -0.05) is 25.5 Å². The van der Waals surface area contributed by atoms with Crippen molar-refractivity contribution in [2.24, 2.45) is 22.7 Å². The summed E-state index contributed by atoms with van der Waals surface area (Å²) >= 11 is 0. The van der Waals surface area contributed by atoms with Crippen LogP contribution in [0, 0.1) is 22.7 Å². The smallest absolute Gasteiger partial charge is 0.339 e. The van der Waals surface area contributed by atoms with Gasteiger partial charge in [0.2, 0.25) is 0 Å². The highest BCUT2D eigenvalue weighted by Crippen LogP contribution is 2.70. The number of pyridine rings is 1. The van der Waals surface area contributed by atoms with Gasteiger partial charge in [0.1, 0.15) is 23.1 Å². The summed E-state index contributed by atoms with van der Waals surface area (Å²) in [5, 5.41) is 35.0. The largest absolute Gasteiger partial charge is 0.458 e. The number of hydrogen-bond acceptors (Lipinski definition) is 7. The van der Waals surface area contributed by atoms with Crippen LogP contribution in [0.2, 0.25) is 0 Å². The minimum atomic E-state index is -1.60. The van der Waals surface area contributed by atoms with E-state index in [0.717, 1.165) is 5.57 Å². The number of ketones is 1. The summed E-state index contributed by atoms with van der Waals surface area (Å²) in [5.74, 6) is -1.51. The summed E-state index contributed by atoms with van der Waals surface area (Å²) in [4.78, 5) is 29.9. The zero-order valence-corrected chi connectivity index (χ0v) is 20.2. The lowest BCUT2D eigenvalue weighted by atomic mass is 9.43. The van der Waals surface area contributed by atoms with E-state index in [1.807, 2.05) is 13.0 Å². The fourth-order valence-electron chi connectivity index (χ4n) is 8.11. The number of aliphatic hydroxyl groups is 3. The molecule has 4 aliphatic rings. The predicted molar refractivity (Wildman–Crippen MR) is 124 cm³/mol. The van der Waals surface area contributed by atoms with Crippen LogP contribution < -0.4 is 0 Å². The van der Waals surface area contributed by atoms with Gasteiger partial charge in [-0.3, -0.25) is 9.78 Å². The van der Waals surface area contributed by atoms with Gasteiger partial charge in [-0.25, -0.2) is 4.79 Å².